The molecule has 0 spiro atoms. The molecule has 1 aromatic heterocycles. The topological polar surface area (TPSA) is 86.2 Å². The van der Waals surface area contributed by atoms with E-state index in [1.807, 2.05) is 0 Å². The number of aromatic nitrogens is 2. The molecule has 0 bridgehead atoms. The Balaban J connectivity index is 2.78. The predicted molar refractivity (Wildman–Crippen MR) is 76.4 cm³/mol. The largest absolute Gasteiger partial charge is 0.459 e. The molecule has 0 saturated carbocycles. The van der Waals surface area contributed by atoms with Crippen molar-refractivity contribution < 1.29 is 17.9 Å². The van der Waals surface area contributed by atoms with Gasteiger partial charge in [-0.1, -0.05) is 11.8 Å². The molecule has 0 aliphatic rings. The number of sulfone groups is 1. The van der Waals surface area contributed by atoms with Gasteiger partial charge in [0, 0.05) is 18.0 Å². The quantitative estimate of drug-likeness (QED) is 0.361. The summed E-state index contributed by atoms with van der Waals surface area (Å²) in [5.74, 6) is -0.364. The van der Waals surface area contributed by atoms with Crippen LogP contribution in [0.15, 0.2) is 16.4 Å². The van der Waals surface area contributed by atoms with Gasteiger partial charge in [0.2, 0.25) is 0 Å². The lowest BCUT2D eigenvalue weighted by Crippen LogP contribution is -2.25. The molecule has 0 aliphatic heterocycles. The van der Waals surface area contributed by atoms with E-state index in [0.29, 0.717) is 5.56 Å². The summed E-state index contributed by atoms with van der Waals surface area (Å²) < 4.78 is 28.2. The Bertz CT molecular complexity index is 606. The molecular formula is C12H18N2O4S2. The van der Waals surface area contributed by atoms with Crippen LogP contribution in [0.4, 0.5) is 0 Å². The van der Waals surface area contributed by atoms with E-state index in [2.05, 4.69) is 9.97 Å². The Morgan fingerprint density at radius 3 is 2.50 bits per heavy atom. The van der Waals surface area contributed by atoms with E-state index in [1.54, 1.807) is 27.7 Å². The Labute approximate surface area is 123 Å². The maximum atomic E-state index is 11.6. The molecule has 1 rings (SSSR count). The van der Waals surface area contributed by atoms with Gasteiger partial charge in [-0.05, 0) is 27.7 Å². The van der Waals surface area contributed by atoms with E-state index in [4.69, 9.17) is 4.74 Å². The minimum atomic E-state index is -3.40. The van der Waals surface area contributed by atoms with Gasteiger partial charge in [-0.15, -0.1) is 0 Å². The van der Waals surface area contributed by atoms with Crippen molar-refractivity contribution in [3.8, 4) is 0 Å². The molecule has 1 aromatic rings. The van der Waals surface area contributed by atoms with Crippen molar-refractivity contribution in [2.24, 2.45) is 0 Å². The fourth-order valence-electron chi connectivity index (χ4n) is 1.35. The lowest BCUT2D eigenvalue weighted by atomic mass is 10.2. The highest BCUT2D eigenvalue weighted by Crippen LogP contribution is 2.19. The number of esters is 1. The van der Waals surface area contributed by atoms with Gasteiger partial charge in [0.05, 0.1) is 5.75 Å². The number of aryl methyl sites for hydroxylation is 1. The SMILES string of the molecule is Cc1cnc(SCC(=O)OC(C)(C)C)nc1S(C)(=O)=O. The number of carbonyl (C=O) groups is 1. The second-order valence-corrected chi connectivity index (χ2v) is 8.16. The molecule has 0 N–H and O–H groups in total. The highest BCUT2D eigenvalue weighted by atomic mass is 32.2. The van der Waals surface area contributed by atoms with E-state index < -0.39 is 21.4 Å². The van der Waals surface area contributed by atoms with Gasteiger partial charge in [0.25, 0.3) is 0 Å². The summed E-state index contributed by atoms with van der Waals surface area (Å²) in [5, 5.41) is 0.223. The summed E-state index contributed by atoms with van der Waals surface area (Å²) in [5.41, 5.74) is -0.0712. The van der Waals surface area contributed by atoms with Crippen molar-refractivity contribution in [1.82, 2.24) is 9.97 Å². The Morgan fingerprint density at radius 2 is 2.00 bits per heavy atom. The molecule has 0 aliphatic carbocycles. The monoisotopic (exact) mass is 318 g/mol. The normalized spacial score (nSPS) is 12.2. The van der Waals surface area contributed by atoms with Crippen molar-refractivity contribution in [3.05, 3.63) is 11.8 Å². The van der Waals surface area contributed by atoms with Gasteiger partial charge in [-0.2, -0.15) is 0 Å². The molecular weight excluding hydrogens is 300 g/mol. The van der Waals surface area contributed by atoms with Crippen LogP contribution in [0.1, 0.15) is 26.3 Å². The van der Waals surface area contributed by atoms with Gasteiger partial charge in [0.15, 0.2) is 20.0 Å². The van der Waals surface area contributed by atoms with E-state index in [9.17, 15) is 13.2 Å². The molecule has 0 unspecified atom stereocenters. The summed E-state index contributed by atoms with van der Waals surface area (Å²) in [4.78, 5) is 19.5. The summed E-state index contributed by atoms with van der Waals surface area (Å²) in [7, 11) is -3.40. The number of ether oxygens (including phenoxy) is 1. The zero-order valence-electron chi connectivity index (χ0n) is 12.1. The molecule has 0 amide bonds. The first-order chi connectivity index (χ1) is 8.99. The summed E-state index contributed by atoms with van der Waals surface area (Å²) in [6.07, 6.45) is 2.52. The number of hydrogen-bond acceptors (Lipinski definition) is 7. The second kappa shape index (κ2) is 6.09. The summed E-state index contributed by atoms with van der Waals surface area (Å²) >= 11 is 1.05. The molecule has 1 heterocycles. The van der Waals surface area contributed by atoms with Gasteiger partial charge >= 0.3 is 5.97 Å². The average molecular weight is 318 g/mol. The van der Waals surface area contributed by atoms with E-state index in [0.717, 1.165) is 18.0 Å². The molecule has 6 nitrogen and oxygen atoms in total. The highest BCUT2D eigenvalue weighted by Gasteiger charge is 2.18. The first-order valence-corrected chi connectivity index (χ1v) is 8.75. The van der Waals surface area contributed by atoms with Crippen LogP contribution < -0.4 is 0 Å². The van der Waals surface area contributed by atoms with Crippen LogP contribution in [-0.4, -0.2) is 42.0 Å². The Hall–Kier alpha value is -1.15. The predicted octanol–water partition coefficient (Wildman–Crippen LogP) is 1.62. The lowest BCUT2D eigenvalue weighted by molar-refractivity contribution is -0.151. The standard InChI is InChI=1S/C12H18N2O4S2/c1-8-6-13-11(14-10(8)20(5,16)17)19-7-9(15)18-12(2,3)4/h6H,7H2,1-5H3. The van der Waals surface area contributed by atoms with Gasteiger partial charge < -0.3 is 4.74 Å². The van der Waals surface area contributed by atoms with Crippen molar-refractivity contribution in [2.45, 2.75) is 43.5 Å². The third kappa shape index (κ3) is 5.46. The third-order valence-corrected chi connectivity index (χ3v) is 3.94. The fourth-order valence-corrected chi connectivity index (χ4v) is 2.89. The van der Waals surface area contributed by atoms with Gasteiger partial charge in [-0.3, -0.25) is 4.79 Å². The molecule has 0 fully saturated rings. The van der Waals surface area contributed by atoms with Crippen LogP contribution in [0, 0.1) is 6.92 Å². The van der Waals surface area contributed by atoms with Crippen LogP contribution in [0.5, 0.6) is 0 Å². The summed E-state index contributed by atoms with van der Waals surface area (Å²) in [6.45, 7) is 6.96. The average Bonchev–Trinajstić information content (AvgIpc) is 2.24. The minimum Gasteiger partial charge on any atom is -0.459 e. The lowest BCUT2D eigenvalue weighted by Gasteiger charge is -2.19. The molecule has 0 atom stereocenters. The first-order valence-electron chi connectivity index (χ1n) is 5.87. The second-order valence-electron chi connectivity index (χ2n) is 5.29. The number of nitrogens with zero attached hydrogens (tertiary/aromatic N) is 2. The molecule has 8 heteroatoms. The highest BCUT2D eigenvalue weighted by molar-refractivity contribution is 7.99. The third-order valence-electron chi connectivity index (χ3n) is 1.99. The van der Waals surface area contributed by atoms with Crippen molar-refractivity contribution in [3.63, 3.8) is 0 Å². The van der Waals surface area contributed by atoms with Crippen LogP contribution in [0.3, 0.4) is 0 Å². The number of hydrogen-bond donors (Lipinski definition) is 0. The minimum absolute atomic E-state index is 0.0146. The van der Waals surface area contributed by atoms with E-state index in [1.165, 1.54) is 6.20 Å². The maximum Gasteiger partial charge on any atom is 0.316 e. The first kappa shape index (κ1) is 16.9. The maximum absolute atomic E-state index is 11.6. The summed E-state index contributed by atoms with van der Waals surface area (Å²) in [6, 6.07) is 0. The molecule has 112 valence electrons. The van der Waals surface area contributed by atoms with Crippen LogP contribution in [0.2, 0.25) is 0 Å². The molecule has 0 saturated heterocycles. The van der Waals surface area contributed by atoms with Gasteiger partial charge in [0.1, 0.15) is 5.60 Å². The Kier molecular flexibility index (Phi) is 5.15. The van der Waals surface area contributed by atoms with E-state index >= 15 is 0 Å². The van der Waals surface area contributed by atoms with Crippen LogP contribution in [-0.2, 0) is 19.4 Å². The molecule has 0 radical (unpaired) electrons. The number of rotatable bonds is 4. The van der Waals surface area contributed by atoms with Crippen molar-refractivity contribution in [1.29, 1.82) is 0 Å². The molecule has 0 aromatic carbocycles. The number of carbonyl (C=O) groups excluding carboxylic acids is 1. The zero-order valence-corrected chi connectivity index (χ0v) is 13.8. The van der Waals surface area contributed by atoms with Crippen LogP contribution >= 0.6 is 11.8 Å². The zero-order chi connectivity index (χ0) is 15.6. The van der Waals surface area contributed by atoms with Crippen molar-refractivity contribution in [2.75, 3.05) is 12.0 Å². The fraction of sp³-hybridized carbons (Fsp3) is 0.583. The van der Waals surface area contributed by atoms with Crippen LogP contribution in [0.25, 0.3) is 0 Å². The van der Waals surface area contributed by atoms with Crippen molar-refractivity contribution >= 4 is 27.6 Å². The Morgan fingerprint density at radius 1 is 1.40 bits per heavy atom. The smallest absolute Gasteiger partial charge is 0.316 e. The molecule has 20 heavy (non-hydrogen) atoms. The van der Waals surface area contributed by atoms with Gasteiger partial charge in [-0.25, -0.2) is 18.4 Å². The van der Waals surface area contributed by atoms with E-state index in [-0.39, 0.29) is 15.9 Å². The number of thioether (sulfide) groups is 1.